The number of hydrogen-bond acceptors (Lipinski definition) is 4. The van der Waals surface area contributed by atoms with Gasteiger partial charge in [0.15, 0.2) is 5.79 Å². The first-order chi connectivity index (χ1) is 11.5. The van der Waals surface area contributed by atoms with Gasteiger partial charge in [0.2, 0.25) is 0 Å². The van der Waals surface area contributed by atoms with Gasteiger partial charge in [0, 0.05) is 25.1 Å². The minimum Gasteiger partial charge on any atom is -0.347 e. The van der Waals surface area contributed by atoms with Crippen LogP contribution in [-0.4, -0.2) is 36.9 Å². The van der Waals surface area contributed by atoms with E-state index in [0.717, 1.165) is 31.7 Å². The molecule has 2 aliphatic rings. The van der Waals surface area contributed by atoms with Crippen molar-refractivity contribution in [1.82, 2.24) is 5.32 Å². The van der Waals surface area contributed by atoms with E-state index >= 15 is 0 Å². The zero-order chi connectivity index (χ0) is 17.2. The van der Waals surface area contributed by atoms with Crippen LogP contribution in [0, 0.1) is 5.82 Å². The maximum absolute atomic E-state index is 13.1. The molecule has 1 heterocycles. The smallest absolute Gasteiger partial charge is 0.313 e. The van der Waals surface area contributed by atoms with Crippen LogP contribution in [0.3, 0.4) is 0 Å². The van der Waals surface area contributed by atoms with Crippen LogP contribution in [0.15, 0.2) is 18.2 Å². The molecule has 6 nitrogen and oxygen atoms in total. The summed E-state index contributed by atoms with van der Waals surface area (Å²) in [7, 11) is 0. The zero-order valence-electron chi connectivity index (χ0n) is 12.9. The molecular formula is C16H18ClFN2O4. The first kappa shape index (κ1) is 17.1. The highest BCUT2D eigenvalue weighted by atomic mass is 35.5. The van der Waals surface area contributed by atoms with Crippen molar-refractivity contribution in [2.24, 2.45) is 0 Å². The number of carbonyl (C=O) groups excluding carboxylic acids is 2. The summed E-state index contributed by atoms with van der Waals surface area (Å²) in [5.74, 6) is -2.75. The van der Waals surface area contributed by atoms with E-state index in [2.05, 4.69) is 10.6 Å². The van der Waals surface area contributed by atoms with Gasteiger partial charge in [0.25, 0.3) is 0 Å². The highest BCUT2D eigenvalue weighted by molar-refractivity contribution is 6.39. The second-order valence-electron chi connectivity index (χ2n) is 5.96. The number of amides is 2. The van der Waals surface area contributed by atoms with E-state index < -0.39 is 23.4 Å². The number of carbonyl (C=O) groups is 2. The molecular weight excluding hydrogens is 339 g/mol. The van der Waals surface area contributed by atoms with E-state index in [0.29, 0.717) is 6.61 Å². The largest absolute Gasteiger partial charge is 0.347 e. The number of benzene rings is 1. The van der Waals surface area contributed by atoms with Crippen molar-refractivity contribution < 1.29 is 23.5 Å². The van der Waals surface area contributed by atoms with E-state index in [9.17, 15) is 14.0 Å². The highest BCUT2D eigenvalue weighted by Gasteiger charge is 2.43. The molecule has 2 fully saturated rings. The molecule has 0 bridgehead atoms. The van der Waals surface area contributed by atoms with Crippen LogP contribution in [0.1, 0.15) is 25.7 Å². The van der Waals surface area contributed by atoms with Crippen molar-refractivity contribution in [2.45, 2.75) is 37.6 Å². The SMILES string of the molecule is O=C(NC[C@H]1COC2(CCCC2)O1)C(=O)Nc1ccc(F)c(Cl)c1. The molecule has 1 aliphatic carbocycles. The predicted molar refractivity (Wildman–Crippen MR) is 85.1 cm³/mol. The summed E-state index contributed by atoms with van der Waals surface area (Å²) in [6.45, 7) is 0.591. The second kappa shape index (κ2) is 7.04. The lowest BCUT2D eigenvalue weighted by Crippen LogP contribution is -2.40. The van der Waals surface area contributed by atoms with Crippen molar-refractivity contribution in [3.63, 3.8) is 0 Å². The fraction of sp³-hybridized carbons (Fsp3) is 0.500. The number of rotatable bonds is 3. The van der Waals surface area contributed by atoms with Gasteiger partial charge in [-0.2, -0.15) is 0 Å². The number of hydrogen-bond donors (Lipinski definition) is 2. The first-order valence-electron chi connectivity index (χ1n) is 7.83. The summed E-state index contributed by atoms with van der Waals surface area (Å²) in [6, 6.07) is 3.67. The maximum Gasteiger partial charge on any atom is 0.313 e. The summed E-state index contributed by atoms with van der Waals surface area (Å²) >= 11 is 5.63. The molecule has 0 aromatic heterocycles. The Kier molecular flexibility index (Phi) is 5.03. The van der Waals surface area contributed by atoms with Crippen LogP contribution in [-0.2, 0) is 19.1 Å². The molecule has 1 saturated heterocycles. The Morgan fingerprint density at radius 1 is 1.29 bits per heavy atom. The van der Waals surface area contributed by atoms with Crippen molar-refractivity contribution in [2.75, 3.05) is 18.5 Å². The maximum atomic E-state index is 13.1. The number of ether oxygens (including phenoxy) is 2. The Bertz CT molecular complexity index is 649. The molecule has 1 aromatic carbocycles. The average Bonchev–Trinajstić information content (AvgIpc) is 3.19. The molecule has 0 radical (unpaired) electrons. The molecule has 1 atom stereocenters. The van der Waals surface area contributed by atoms with Crippen LogP contribution in [0.4, 0.5) is 10.1 Å². The molecule has 1 aliphatic heterocycles. The zero-order valence-corrected chi connectivity index (χ0v) is 13.7. The second-order valence-corrected chi connectivity index (χ2v) is 6.37. The fourth-order valence-electron chi connectivity index (χ4n) is 2.94. The van der Waals surface area contributed by atoms with Crippen molar-refractivity contribution in [3.05, 3.63) is 29.0 Å². The standard InChI is InChI=1S/C16H18ClFN2O4/c17-12-7-10(3-4-13(12)18)20-15(22)14(21)19-8-11-9-23-16(24-11)5-1-2-6-16/h3-4,7,11H,1-2,5-6,8-9H2,(H,19,21)(H,20,22)/t11-/m0/s1. The molecule has 3 rings (SSSR count). The van der Waals surface area contributed by atoms with E-state index in [1.165, 1.54) is 12.1 Å². The van der Waals surface area contributed by atoms with Gasteiger partial charge in [-0.15, -0.1) is 0 Å². The summed E-state index contributed by atoms with van der Waals surface area (Å²) < 4.78 is 24.6. The Balaban J connectivity index is 1.46. The molecule has 1 saturated carbocycles. The Morgan fingerprint density at radius 2 is 2.04 bits per heavy atom. The van der Waals surface area contributed by atoms with Gasteiger partial charge >= 0.3 is 11.8 Å². The van der Waals surface area contributed by atoms with Gasteiger partial charge in [-0.3, -0.25) is 9.59 Å². The third kappa shape index (κ3) is 3.85. The number of anilines is 1. The summed E-state index contributed by atoms with van der Waals surface area (Å²) in [4.78, 5) is 23.7. The third-order valence-corrected chi connectivity index (χ3v) is 4.44. The number of nitrogens with one attached hydrogen (secondary N) is 2. The summed E-state index contributed by atoms with van der Waals surface area (Å²) in [5.41, 5.74) is 0.243. The Morgan fingerprint density at radius 3 is 2.75 bits per heavy atom. The lowest BCUT2D eigenvalue weighted by Gasteiger charge is -2.21. The third-order valence-electron chi connectivity index (χ3n) is 4.15. The van der Waals surface area contributed by atoms with Crippen molar-refractivity contribution >= 4 is 29.1 Å². The van der Waals surface area contributed by atoms with E-state index in [4.69, 9.17) is 21.1 Å². The lowest BCUT2D eigenvalue weighted by molar-refractivity contribution is -0.161. The molecule has 2 amide bonds. The Hall–Kier alpha value is -1.70. The van der Waals surface area contributed by atoms with Gasteiger partial charge in [-0.25, -0.2) is 4.39 Å². The fourth-order valence-corrected chi connectivity index (χ4v) is 3.12. The van der Waals surface area contributed by atoms with Gasteiger partial charge in [-0.1, -0.05) is 11.6 Å². The van der Waals surface area contributed by atoms with Crippen LogP contribution >= 0.6 is 11.6 Å². The van der Waals surface area contributed by atoms with Crippen LogP contribution in [0.2, 0.25) is 5.02 Å². The molecule has 1 spiro atoms. The monoisotopic (exact) mass is 356 g/mol. The normalized spacial score (nSPS) is 21.8. The van der Waals surface area contributed by atoms with Gasteiger partial charge < -0.3 is 20.1 Å². The predicted octanol–water partition coefficient (Wildman–Crippen LogP) is 2.22. The van der Waals surface area contributed by atoms with E-state index in [-0.39, 0.29) is 23.4 Å². The molecule has 2 N–H and O–H groups in total. The molecule has 130 valence electrons. The van der Waals surface area contributed by atoms with Gasteiger partial charge in [-0.05, 0) is 31.0 Å². The minimum absolute atomic E-state index is 0.133. The summed E-state index contributed by atoms with van der Waals surface area (Å²) in [5, 5.41) is 4.74. The Labute approximate surface area is 143 Å². The topological polar surface area (TPSA) is 76.7 Å². The van der Waals surface area contributed by atoms with Crippen LogP contribution in [0.5, 0.6) is 0 Å². The number of halogens is 2. The molecule has 8 heteroatoms. The molecule has 24 heavy (non-hydrogen) atoms. The van der Waals surface area contributed by atoms with E-state index in [1.54, 1.807) is 0 Å². The summed E-state index contributed by atoms with van der Waals surface area (Å²) in [6.07, 6.45) is 3.61. The molecule has 1 aromatic rings. The van der Waals surface area contributed by atoms with Gasteiger partial charge in [0.1, 0.15) is 11.9 Å². The highest BCUT2D eigenvalue weighted by Crippen LogP contribution is 2.38. The minimum atomic E-state index is -0.854. The first-order valence-corrected chi connectivity index (χ1v) is 8.21. The van der Waals surface area contributed by atoms with Crippen LogP contribution in [0.25, 0.3) is 0 Å². The average molecular weight is 357 g/mol. The van der Waals surface area contributed by atoms with E-state index in [1.807, 2.05) is 0 Å². The van der Waals surface area contributed by atoms with Crippen molar-refractivity contribution in [1.29, 1.82) is 0 Å². The van der Waals surface area contributed by atoms with Crippen molar-refractivity contribution in [3.8, 4) is 0 Å². The molecule has 0 unspecified atom stereocenters. The van der Waals surface area contributed by atoms with Gasteiger partial charge in [0.05, 0.1) is 11.6 Å². The lowest BCUT2D eigenvalue weighted by atomic mass is 10.2. The quantitative estimate of drug-likeness (QED) is 0.814. The van der Waals surface area contributed by atoms with Crippen LogP contribution < -0.4 is 10.6 Å².